The van der Waals surface area contributed by atoms with Gasteiger partial charge in [-0.2, -0.15) is 0 Å². The van der Waals surface area contributed by atoms with Gasteiger partial charge < -0.3 is 25.2 Å². The quantitative estimate of drug-likeness (QED) is 0.237. The number of carbonyl (C=O) groups excluding carboxylic acids is 3. The Bertz CT molecular complexity index is 1250. The van der Waals surface area contributed by atoms with Gasteiger partial charge in [-0.15, -0.1) is 0 Å². The minimum absolute atomic E-state index is 0.0790. The van der Waals surface area contributed by atoms with Crippen LogP contribution in [-0.4, -0.2) is 77.9 Å². The summed E-state index contributed by atoms with van der Waals surface area (Å²) >= 11 is 0. The Hall–Kier alpha value is -3.64. The highest BCUT2D eigenvalue weighted by molar-refractivity contribution is 6.34. The third kappa shape index (κ3) is 4.62. The molecule has 4 N–H and O–H groups in total. The molecule has 194 valence electrons. The van der Waals surface area contributed by atoms with Crippen LogP contribution in [0.2, 0.25) is 0 Å². The van der Waals surface area contributed by atoms with Crippen molar-refractivity contribution >= 4 is 36.7 Å². The van der Waals surface area contributed by atoms with E-state index < -0.39 is 23.5 Å². The van der Waals surface area contributed by atoms with Crippen LogP contribution in [0.4, 0.5) is 10.1 Å². The number of aromatic hydroxyl groups is 2. The summed E-state index contributed by atoms with van der Waals surface area (Å²) in [6.07, 6.45) is 0.409. The lowest BCUT2D eigenvalue weighted by atomic mass is 9.86. The molecule has 0 radical (unpaired) electrons. The van der Waals surface area contributed by atoms with Gasteiger partial charge in [-0.1, -0.05) is 6.07 Å². The van der Waals surface area contributed by atoms with E-state index in [9.17, 15) is 24.6 Å². The van der Waals surface area contributed by atoms with Crippen molar-refractivity contribution in [1.29, 1.82) is 0 Å². The molecule has 2 aromatic carbocycles. The van der Waals surface area contributed by atoms with Crippen molar-refractivity contribution < 1.29 is 33.7 Å². The summed E-state index contributed by atoms with van der Waals surface area (Å²) in [5.41, 5.74) is 2.13. The Kier molecular flexibility index (Phi) is 6.78. The number of piperidine rings is 1. The second-order valence-corrected chi connectivity index (χ2v) is 9.57. The molecule has 10 nitrogen and oxygen atoms in total. The van der Waals surface area contributed by atoms with Crippen molar-refractivity contribution in [1.82, 2.24) is 15.1 Å². The normalized spacial score (nSPS) is 20.2. The van der Waals surface area contributed by atoms with E-state index in [1.807, 2.05) is 4.90 Å². The lowest BCUT2D eigenvalue weighted by Gasteiger charge is -2.29. The van der Waals surface area contributed by atoms with Gasteiger partial charge in [0, 0.05) is 61.5 Å². The molecule has 0 spiro atoms. The predicted octanol–water partition coefficient (Wildman–Crippen LogP) is -0.299. The van der Waals surface area contributed by atoms with Crippen molar-refractivity contribution in [2.45, 2.75) is 38.5 Å². The summed E-state index contributed by atoms with van der Waals surface area (Å²) < 4.78 is 20.7. The number of imide groups is 1. The molecular formula is C25H28BFN4O6. The van der Waals surface area contributed by atoms with Crippen LogP contribution >= 0.6 is 0 Å². The topological polar surface area (TPSA) is 131 Å². The zero-order valence-electron chi connectivity index (χ0n) is 20.5. The second-order valence-electron chi connectivity index (χ2n) is 9.57. The first-order valence-electron chi connectivity index (χ1n) is 12.3. The van der Waals surface area contributed by atoms with Gasteiger partial charge in [0.15, 0.2) is 11.5 Å². The van der Waals surface area contributed by atoms with Crippen LogP contribution in [0.15, 0.2) is 18.2 Å². The third-order valence-corrected chi connectivity index (χ3v) is 7.37. The molecule has 2 saturated heterocycles. The first-order chi connectivity index (χ1) is 17.8. The fourth-order valence-corrected chi connectivity index (χ4v) is 5.20. The number of fused-ring (bicyclic) bond motifs is 1. The van der Waals surface area contributed by atoms with E-state index in [1.165, 1.54) is 4.90 Å². The van der Waals surface area contributed by atoms with E-state index in [4.69, 9.17) is 4.74 Å². The number of rotatable bonds is 6. The van der Waals surface area contributed by atoms with Crippen LogP contribution in [0, 0.1) is 5.82 Å². The number of carbonyl (C=O) groups is 3. The minimum atomic E-state index is -0.745. The van der Waals surface area contributed by atoms with Gasteiger partial charge in [0.05, 0.1) is 18.8 Å². The molecule has 2 aromatic rings. The highest BCUT2D eigenvalue weighted by Gasteiger charge is 2.40. The summed E-state index contributed by atoms with van der Waals surface area (Å²) in [6, 6.07) is 4.32. The molecule has 5 rings (SSSR count). The second kappa shape index (κ2) is 10.0. The van der Waals surface area contributed by atoms with E-state index >= 15 is 4.39 Å². The fraction of sp³-hybridized carbons (Fsp3) is 0.400. The Balaban J connectivity index is 1.35. The lowest BCUT2D eigenvalue weighted by Crippen LogP contribution is -2.52. The standard InChI is InChI=1S/C25H28BFN4O6/c26-20-16(11-30-6-8-37-9-7-30)23(34)22(33)14(21(20)27)10-28-17-3-1-2-13-15(17)12-31(25(13)36)18-4-5-19(32)29-24(18)35/h1-3,18,28,33-34H,4-12,26H2,(H,29,32,35). The highest BCUT2D eigenvalue weighted by atomic mass is 19.1. The van der Waals surface area contributed by atoms with Gasteiger partial charge in [0.1, 0.15) is 19.7 Å². The number of nitrogens with one attached hydrogen (secondary N) is 2. The largest absolute Gasteiger partial charge is 0.504 e. The molecule has 12 heteroatoms. The molecule has 1 unspecified atom stereocenters. The van der Waals surface area contributed by atoms with Crippen molar-refractivity contribution in [2.24, 2.45) is 0 Å². The SMILES string of the molecule is Bc1c(F)c(CNc2cccc3c2CN(C2CCC(=O)NC2=O)C3=O)c(O)c(O)c1CN1CCOCC1. The number of amides is 3. The lowest BCUT2D eigenvalue weighted by molar-refractivity contribution is -0.136. The van der Waals surface area contributed by atoms with Gasteiger partial charge in [0.2, 0.25) is 11.8 Å². The molecule has 3 heterocycles. The summed E-state index contributed by atoms with van der Waals surface area (Å²) in [5, 5.41) is 26.8. The van der Waals surface area contributed by atoms with Crippen LogP contribution in [0.1, 0.15) is 39.9 Å². The number of phenolic OH excluding ortho intramolecular Hbond substituents is 2. The van der Waals surface area contributed by atoms with Crippen molar-refractivity contribution in [2.75, 3.05) is 31.6 Å². The first kappa shape index (κ1) is 25.0. The number of anilines is 1. The third-order valence-electron chi connectivity index (χ3n) is 7.37. The fourth-order valence-electron chi connectivity index (χ4n) is 5.20. The van der Waals surface area contributed by atoms with E-state index in [0.29, 0.717) is 55.2 Å². The molecule has 3 aliphatic rings. The average Bonchev–Trinajstić information content (AvgIpc) is 3.23. The average molecular weight is 510 g/mol. The van der Waals surface area contributed by atoms with Crippen LogP contribution in [-0.2, 0) is 34.0 Å². The maximum Gasteiger partial charge on any atom is 0.255 e. The number of morpholine rings is 1. The first-order valence-corrected chi connectivity index (χ1v) is 12.3. The molecule has 37 heavy (non-hydrogen) atoms. The molecule has 2 fully saturated rings. The van der Waals surface area contributed by atoms with Gasteiger partial charge in [-0.3, -0.25) is 24.6 Å². The highest BCUT2D eigenvalue weighted by Crippen LogP contribution is 2.36. The van der Waals surface area contributed by atoms with Gasteiger partial charge in [0.25, 0.3) is 5.91 Å². The molecule has 0 aliphatic carbocycles. The molecule has 0 saturated carbocycles. The Morgan fingerprint density at radius 3 is 2.59 bits per heavy atom. The Morgan fingerprint density at radius 2 is 1.86 bits per heavy atom. The number of nitrogens with zero attached hydrogens (tertiary/aromatic N) is 2. The van der Waals surface area contributed by atoms with Crippen LogP contribution < -0.4 is 16.1 Å². The maximum atomic E-state index is 15.4. The summed E-state index contributed by atoms with van der Waals surface area (Å²) in [7, 11) is 1.57. The smallest absolute Gasteiger partial charge is 0.255 e. The van der Waals surface area contributed by atoms with Crippen molar-refractivity contribution in [3.8, 4) is 11.5 Å². The number of hydrogen-bond donors (Lipinski definition) is 4. The van der Waals surface area contributed by atoms with Crippen LogP contribution in [0.3, 0.4) is 0 Å². The summed E-state index contributed by atoms with van der Waals surface area (Å²) in [5.74, 6) is -2.65. The zero-order valence-corrected chi connectivity index (χ0v) is 20.5. The van der Waals surface area contributed by atoms with Gasteiger partial charge in [-0.25, -0.2) is 4.39 Å². The number of phenols is 2. The number of halogens is 1. The van der Waals surface area contributed by atoms with E-state index in [2.05, 4.69) is 10.6 Å². The van der Waals surface area contributed by atoms with Gasteiger partial charge in [-0.05, 0) is 24.0 Å². The number of hydrogen-bond acceptors (Lipinski definition) is 8. The van der Waals surface area contributed by atoms with E-state index in [1.54, 1.807) is 26.0 Å². The summed E-state index contributed by atoms with van der Waals surface area (Å²) in [6.45, 7) is 2.73. The van der Waals surface area contributed by atoms with E-state index in [-0.39, 0.29) is 54.5 Å². The van der Waals surface area contributed by atoms with Crippen molar-refractivity contribution in [3.05, 3.63) is 46.3 Å². The van der Waals surface area contributed by atoms with E-state index in [0.717, 1.165) is 0 Å². The number of ether oxygens (including phenoxy) is 1. The molecule has 0 aromatic heterocycles. The molecule has 3 aliphatic heterocycles. The minimum Gasteiger partial charge on any atom is -0.504 e. The van der Waals surface area contributed by atoms with Crippen molar-refractivity contribution in [3.63, 3.8) is 0 Å². The molecule has 1 atom stereocenters. The maximum absolute atomic E-state index is 15.4. The Morgan fingerprint density at radius 1 is 1.14 bits per heavy atom. The monoisotopic (exact) mass is 510 g/mol. The van der Waals surface area contributed by atoms with Gasteiger partial charge >= 0.3 is 0 Å². The molecular weight excluding hydrogens is 482 g/mol. The number of benzene rings is 2. The summed E-state index contributed by atoms with van der Waals surface area (Å²) in [4.78, 5) is 40.3. The predicted molar refractivity (Wildman–Crippen MR) is 134 cm³/mol. The zero-order chi connectivity index (χ0) is 26.3. The Labute approximate surface area is 213 Å². The molecule has 0 bridgehead atoms. The van der Waals surface area contributed by atoms with Crippen LogP contribution in [0.5, 0.6) is 11.5 Å². The molecule has 3 amide bonds. The van der Waals surface area contributed by atoms with Crippen LogP contribution in [0.25, 0.3) is 0 Å².